The lowest BCUT2D eigenvalue weighted by molar-refractivity contribution is -0.136. The smallest absolute Gasteiger partial charge is 0.313 e. The van der Waals surface area contributed by atoms with Crippen LogP contribution in [-0.4, -0.2) is 25.5 Å². The zero-order chi connectivity index (χ0) is 15.1. The summed E-state index contributed by atoms with van der Waals surface area (Å²) in [6, 6.07) is 8.84. The molecule has 0 aliphatic carbocycles. The van der Waals surface area contributed by atoms with Crippen LogP contribution in [0.1, 0.15) is 5.56 Å². The summed E-state index contributed by atoms with van der Waals surface area (Å²) in [5, 5.41) is 9.12. The number of nitrogens with one attached hydrogen (secondary N) is 2. The van der Waals surface area contributed by atoms with E-state index >= 15 is 0 Å². The molecule has 6 heteroatoms. The van der Waals surface area contributed by atoms with Gasteiger partial charge in [-0.2, -0.15) is 11.3 Å². The molecule has 0 fully saturated rings. The molecule has 110 valence electrons. The summed E-state index contributed by atoms with van der Waals surface area (Å²) >= 11 is 1.61. The van der Waals surface area contributed by atoms with Crippen molar-refractivity contribution in [3.63, 3.8) is 0 Å². The summed E-state index contributed by atoms with van der Waals surface area (Å²) < 4.78 is 5.05. The summed E-state index contributed by atoms with van der Waals surface area (Å²) in [5.74, 6) is -0.715. The average molecular weight is 304 g/mol. The third kappa shape index (κ3) is 4.61. The third-order valence-electron chi connectivity index (χ3n) is 2.81. The van der Waals surface area contributed by atoms with Crippen molar-refractivity contribution in [1.82, 2.24) is 5.32 Å². The Balaban J connectivity index is 1.80. The molecule has 0 spiro atoms. The molecule has 2 N–H and O–H groups in total. The zero-order valence-electron chi connectivity index (χ0n) is 11.6. The van der Waals surface area contributed by atoms with Crippen molar-refractivity contribution < 1.29 is 14.3 Å². The molecule has 21 heavy (non-hydrogen) atoms. The first-order chi connectivity index (χ1) is 10.2. The standard InChI is InChI=1S/C15H16N2O3S/c1-20-13-4-2-3-12(9-13)17-15(19)14(18)16-7-5-11-6-8-21-10-11/h2-4,6,8-10H,5,7H2,1H3,(H,16,18)(H,17,19). The molecule has 2 amide bonds. The second-order valence-electron chi connectivity index (χ2n) is 4.32. The van der Waals surface area contributed by atoms with Gasteiger partial charge < -0.3 is 15.4 Å². The first-order valence-corrected chi connectivity index (χ1v) is 7.37. The predicted molar refractivity (Wildman–Crippen MR) is 82.7 cm³/mol. The van der Waals surface area contributed by atoms with Gasteiger partial charge in [0.2, 0.25) is 0 Å². The lowest BCUT2D eigenvalue weighted by Crippen LogP contribution is -2.36. The number of hydrogen-bond acceptors (Lipinski definition) is 4. The number of ether oxygens (including phenoxy) is 1. The number of hydrogen-bond donors (Lipinski definition) is 2. The van der Waals surface area contributed by atoms with Gasteiger partial charge in [-0.15, -0.1) is 0 Å². The maximum Gasteiger partial charge on any atom is 0.313 e. The Morgan fingerprint density at radius 3 is 2.81 bits per heavy atom. The highest BCUT2D eigenvalue weighted by Gasteiger charge is 2.13. The van der Waals surface area contributed by atoms with Crippen LogP contribution < -0.4 is 15.4 Å². The van der Waals surface area contributed by atoms with Crippen molar-refractivity contribution >= 4 is 28.8 Å². The lowest BCUT2D eigenvalue weighted by atomic mass is 10.2. The molecular formula is C15H16N2O3S. The van der Waals surface area contributed by atoms with Crippen LogP contribution in [0.15, 0.2) is 41.1 Å². The van der Waals surface area contributed by atoms with Gasteiger partial charge in [-0.3, -0.25) is 9.59 Å². The molecule has 1 aromatic heterocycles. The minimum absolute atomic E-state index is 0.432. The zero-order valence-corrected chi connectivity index (χ0v) is 12.4. The van der Waals surface area contributed by atoms with E-state index in [9.17, 15) is 9.59 Å². The van der Waals surface area contributed by atoms with Crippen molar-refractivity contribution in [2.75, 3.05) is 19.0 Å². The summed E-state index contributed by atoms with van der Waals surface area (Å²) in [6.07, 6.45) is 0.710. The minimum atomic E-state index is -0.687. The van der Waals surface area contributed by atoms with E-state index in [4.69, 9.17) is 4.74 Å². The molecule has 0 radical (unpaired) electrons. The fourth-order valence-electron chi connectivity index (χ4n) is 1.72. The first-order valence-electron chi connectivity index (χ1n) is 6.43. The van der Waals surface area contributed by atoms with E-state index in [0.717, 1.165) is 5.56 Å². The minimum Gasteiger partial charge on any atom is -0.497 e. The van der Waals surface area contributed by atoms with Gasteiger partial charge in [0.15, 0.2) is 0 Å². The van der Waals surface area contributed by atoms with Crippen LogP contribution in [0.4, 0.5) is 5.69 Å². The molecule has 0 saturated heterocycles. The first kappa shape index (κ1) is 15.1. The molecule has 0 saturated carbocycles. The number of methoxy groups -OCH3 is 1. The molecule has 2 rings (SSSR count). The number of carbonyl (C=O) groups is 2. The average Bonchev–Trinajstić information content (AvgIpc) is 3.00. The third-order valence-corrected chi connectivity index (χ3v) is 3.55. The Kier molecular flexibility index (Phi) is 5.34. The second-order valence-corrected chi connectivity index (χ2v) is 5.10. The number of thiophene rings is 1. The van der Waals surface area contributed by atoms with Crippen LogP contribution >= 0.6 is 11.3 Å². The number of rotatable bonds is 5. The van der Waals surface area contributed by atoms with Crippen LogP contribution in [0.2, 0.25) is 0 Å². The summed E-state index contributed by atoms with van der Waals surface area (Å²) in [5.41, 5.74) is 1.67. The highest BCUT2D eigenvalue weighted by Crippen LogP contribution is 2.16. The highest BCUT2D eigenvalue weighted by atomic mass is 32.1. The van der Waals surface area contributed by atoms with Crippen LogP contribution in [0.25, 0.3) is 0 Å². The molecule has 0 aliphatic heterocycles. The maximum atomic E-state index is 11.7. The molecule has 1 heterocycles. The monoisotopic (exact) mass is 304 g/mol. The largest absolute Gasteiger partial charge is 0.497 e. The van der Waals surface area contributed by atoms with Crippen molar-refractivity contribution in [2.24, 2.45) is 0 Å². The molecule has 0 unspecified atom stereocenters. The van der Waals surface area contributed by atoms with Crippen LogP contribution in [0.3, 0.4) is 0 Å². The Morgan fingerprint density at radius 1 is 1.24 bits per heavy atom. The van der Waals surface area contributed by atoms with E-state index in [1.54, 1.807) is 35.6 Å². The van der Waals surface area contributed by atoms with Gasteiger partial charge >= 0.3 is 11.8 Å². The van der Waals surface area contributed by atoms with E-state index in [1.165, 1.54) is 7.11 Å². The van der Waals surface area contributed by atoms with Crippen molar-refractivity contribution in [1.29, 1.82) is 0 Å². The molecule has 1 aromatic carbocycles. The van der Waals surface area contributed by atoms with E-state index < -0.39 is 11.8 Å². The van der Waals surface area contributed by atoms with E-state index in [2.05, 4.69) is 10.6 Å². The highest BCUT2D eigenvalue weighted by molar-refractivity contribution is 7.07. The summed E-state index contributed by atoms with van der Waals surface area (Å²) in [7, 11) is 1.54. The lowest BCUT2D eigenvalue weighted by Gasteiger charge is -2.07. The summed E-state index contributed by atoms with van der Waals surface area (Å²) in [4.78, 5) is 23.4. The normalized spacial score (nSPS) is 9.95. The molecule has 0 bridgehead atoms. The Bertz CT molecular complexity index is 611. The van der Waals surface area contributed by atoms with Gasteiger partial charge in [0.25, 0.3) is 0 Å². The Labute approximate surface area is 126 Å². The quantitative estimate of drug-likeness (QED) is 0.831. The fraction of sp³-hybridized carbons (Fsp3) is 0.200. The molecule has 2 aromatic rings. The number of anilines is 1. The maximum absolute atomic E-state index is 11.7. The van der Waals surface area contributed by atoms with Gasteiger partial charge in [0.05, 0.1) is 7.11 Å². The van der Waals surface area contributed by atoms with E-state index in [0.29, 0.717) is 24.4 Å². The Hall–Kier alpha value is -2.34. The van der Waals surface area contributed by atoms with Crippen molar-refractivity contribution in [2.45, 2.75) is 6.42 Å². The van der Waals surface area contributed by atoms with E-state index in [1.807, 2.05) is 16.8 Å². The molecule has 0 aliphatic rings. The fourth-order valence-corrected chi connectivity index (χ4v) is 2.43. The van der Waals surface area contributed by atoms with Crippen molar-refractivity contribution in [3.8, 4) is 5.75 Å². The SMILES string of the molecule is COc1cccc(NC(=O)C(=O)NCCc2ccsc2)c1. The number of carbonyl (C=O) groups excluding carboxylic acids is 2. The van der Waals surface area contributed by atoms with Crippen LogP contribution in [-0.2, 0) is 16.0 Å². The van der Waals surface area contributed by atoms with Crippen LogP contribution in [0, 0.1) is 0 Å². The Morgan fingerprint density at radius 2 is 2.10 bits per heavy atom. The molecule has 5 nitrogen and oxygen atoms in total. The van der Waals surface area contributed by atoms with Crippen LogP contribution in [0.5, 0.6) is 5.75 Å². The van der Waals surface area contributed by atoms with Crippen molar-refractivity contribution in [3.05, 3.63) is 46.7 Å². The topological polar surface area (TPSA) is 67.4 Å². The van der Waals surface area contributed by atoms with Gasteiger partial charge in [0.1, 0.15) is 5.75 Å². The number of amides is 2. The molecule has 0 atom stereocenters. The van der Waals surface area contributed by atoms with Gasteiger partial charge in [-0.05, 0) is 40.9 Å². The molecular weight excluding hydrogens is 288 g/mol. The van der Waals surface area contributed by atoms with Gasteiger partial charge in [0, 0.05) is 18.3 Å². The predicted octanol–water partition coefficient (Wildman–Crippen LogP) is 2.05. The van der Waals surface area contributed by atoms with E-state index in [-0.39, 0.29) is 0 Å². The van der Waals surface area contributed by atoms with Gasteiger partial charge in [-0.25, -0.2) is 0 Å². The second kappa shape index (κ2) is 7.44. The number of benzene rings is 1. The summed E-state index contributed by atoms with van der Waals surface area (Å²) in [6.45, 7) is 0.432. The van der Waals surface area contributed by atoms with Gasteiger partial charge in [-0.1, -0.05) is 6.07 Å².